The first-order valence-electron chi connectivity index (χ1n) is 6.44. The van der Waals surface area contributed by atoms with Crippen LogP contribution in [0.2, 0.25) is 0 Å². The van der Waals surface area contributed by atoms with E-state index in [1.165, 1.54) is 24.8 Å². The second-order valence-electron chi connectivity index (χ2n) is 4.44. The van der Waals surface area contributed by atoms with E-state index in [0.717, 1.165) is 11.8 Å². The third kappa shape index (κ3) is 4.04. The number of ether oxygens (including phenoxy) is 1. The van der Waals surface area contributed by atoms with Crippen molar-refractivity contribution < 1.29 is 13.9 Å². The lowest BCUT2D eigenvalue weighted by atomic mass is 10.1. The van der Waals surface area contributed by atoms with Crippen LogP contribution in [0.5, 0.6) is 5.75 Å². The van der Waals surface area contributed by atoms with Crippen molar-refractivity contribution in [3.63, 3.8) is 0 Å². The molecule has 0 bridgehead atoms. The lowest BCUT2D eigenvalue weighted by molar-refractivity contribution is 0.102. The maximum Gasteiger partial charge on any atom is 0.258 e. The molecule has 0 heterocycles. The fourth-order valence-corrected chi connectivity index (χ4v) is 2.33. The van der Waals surface area contributed by atoms with Gasteiger partial charge in [0.05, 0.1) is 12.7 Å². The first-order chi connectivity index (χ1) is 10.1. The number of hydrogen-bond donors (Lipinski definition) is 1. The van der Waals surface area contributed by atoms with Crippen molar-refractivity contribution in [1.82, 2.24) is 0 Å². The topological polar surface area (TPSA) is 38.3 Å². The summed E-state index contributed by atoms with van der Waals surface area (Å²) in [6.45, 7) is 0. The molecule has 0 saturated carbocycles. The van der Waals surface area contributed by atoms with Crippen molar-refractivity contribution in [2.75, 3.05) is 17.8 Å². The number of carbonyl (C=O) groups is 1. The molecule has 3 nitrogen and oxygen atoms in total. The van der Waals surface area contributed by atoms with Crippen LogP contribution >= 0.6 is 15.9 Å². The first-order valence-corrected chi connectivity index (χ1v) is 7.56. The molecule has 0 aromatic heterocycles. The number of halogens is 2. The minimum Gasteiger partial charge on any atom is -0.497 e. The highest BCUT2D eigenvalue weighted by molar-refractivity contribution is 9.09. The van der Waals surface area contributed by atoms with E-state index in [2.05, 4.69) is 21.2 Å². The SMILES string of the molecule is COc1ccc(C(=O)Nc2ccc(CCBr)cc2)c(F)c1. The van der Waals surface area contributed by atoms with Gasteiger partial charge in [-0.05, 0) is 36.2 Å². The van der Waals surface area contributed by atoms with Crippen LogP contribution in [0.1, 0.15) is 15.9 Å². The maximum absolute atomic E-state index is 13.8. The highest BCUT2D eigenvalue weighted by atomic mass is 79.9. The molecule has 2 aromatic rings. The Hall–Kier alpha value is -1.88. The molecular weight excluding hydrogens is 337 g/mol. The van der Waals surface area contributed by atoms with Crippen LogP contribution in [-0.2, 0) is 6.42 Å². The number of carbonyl (C=O) groups excluding carboxylic acids is 1. The summed E-state index contributed by atoms with van der Waals surface area (Å²) < 4.78 is 18.7. The molecule has 5 heteroatoms. The Balaban J connectivity index is 2.10. The number of amides is 1. The van der Waals surface area contributed by atoms with Gasteiger partial charge < -0.3 is 10.1 Å². The molecule has 0 saturated heterocycles. The Morgan fingerprint density at radius 3 is 2.52 bits per heavy atom. The maximum atomic E-state index is 13.8. The molecule has 0 aliphatic rings. The van der Waals surface area contributed by atoms with Gasteiger partial charge in [0.25, 0.3) is 5.91 Å². The van der Waals surface area contributed by atoms with E-state index < -0.39 is 11.7 Å². The minimum atomic E-state index is -0.609. The number of nitrogens with one attached hydrogen (secondary N) is 1. The van der Waals surface area contributed by atoms with Gasteiger partial charge in [0.15, 0.2) is 0 Å². The fourth-order valence-electron chi connectivity index (χ4n) is 1.87. The van der Waals surface area contributed by atoms with Crippen LogP contribution in [0, 0.1) is 5.82 Å². The number of aryl methyl sites for hydroxylation is 1. The summed E-state index contributed by atoms with van der Waals surface area (Å²) in [6, 6.07) is 11.6. The number of rotatable bonds is 5. The molecule has 1 N–H and O–H groups in total. The Labute approximate surface area is 131 Å². The van der Waals surface area contributed by atoms with E-state index in [4.69, 9.17) is 4.74 Å². The fraction of sp³-hybridized carbons (Fsp3) is 0.188. The molecule has 21 heavy (non-hydrogen) atoms. The average molecular weight is 352 g/mol. The molecule has 0 aliphatic carbocycles. The van der Waals surface area contributed by atoms with Crippen molar-refractivity contribution in [3.05, 3.63) is 59.4 Å². The zero-order chi connectivity index (χ0) is 15.2. The largest absolute Gasteiger partial charge is 0.497 e. The van der Waals surface area contributed by atoms with Crippen molar-refractivity contribution in [1.29, 1.82) is 0 Å². The van der Waals surface area contributed by atoms with Crippen LogP contribution < -0.4 is 10.1 Å². The molecular formula is C16H15BrFNO2. The standard InChI is InChI=1S/C16H15BrFNO2/c1-21-13-6-7-14(15(18)10-13)16(20)19-12-4-2-11(3-5-12)8-9-17/h2-7,10H,8-9H2,1H3,(H,19,20). The van der Waals surface area contributed by atoms with Gasteiger partial charge >= 0.3 is 0 Å². The monoisotopic (exact) mass is 351 g/mol. The molecule has 2 aromatic carbocycles. The van der Waals surface area contributed by atoms with Gasteiger partial charge in [0.2, 0.25) is 0 Å². The molecule has 110 valence electrons. The van der Waals surface area contributed by atoms with E-state index in [9.17, 15) is 9.18 Å². The number of hydrogen-bond acceptors (Lipinski definition) is 2. The van der Waals surface area contributed by atoms with Crippen LogP contribution in [0.4, 0.5) is 10.1 Å². The lowest BCUT2D eigenvalue weighted by Gasteiger charge is -2.08. The normalized spacial score (nSPS) is 10.2. The zero-order valence-corrected chi connectivity index (χ0v) is 13.1. The highest BCUT2D eigenvalue weighted by Gasteiger charge is 2.12. The third-order valence-electron chi connectivity index (χ3n) is 3.02. The van der Waals surface area contributed by atoms with E-state index in [1.807, 2.05) is 12.1 Å². The lowest BCUT2D eigenvalue weighted by Crippen LogP contribution is -2.13. The Bertz CT molecular complexity index is 629. The Kier molecular flexibility index (Phi) is 5.33. The van der Waals surface area contributed by atoms with Gasteiger partial charge in [-0.2, -0.15) is 0 Å². The Morgan fingerprint density at radius 1 is 1.24 bits per heavy atom. The molecule has 0 fully saturated rings. The predicted octanol–water partition coefficient (Wildman–Crippen LogP) is 4.02. The van der Waals surface area contributed by atoms with E-state index in [-0.39, 0.29) is 5.56 Å². The number of benzene rings is 2. The second-order valence-corrected chi connectivity index (χ2v) is 5.23. The first kappa shape index (κ1) is 15.5. The minimum absolute atomic E-state index is 0.0136. The molecule has 2 rings (SSSR count). The molecule has 0 atom stereocenters. The molecule has 0 aliphatic heterocycles. The summed E-state index contributed by atoms with van der Waals surface area (Å²) in [6.07, 6.45) is 0.918. The third-order valence-corrected chi connectivity index (χ3v) is 3.41. The number of alkyl halides is 1. The van der Waals surface area contributed by atoms with Gasteiger partial charge in [0, 0.05) is 17.1 Å². The summed E-state index contributed by atoms with van der Waals surface area (Å²) in [5, 5.41) is 3.56. The van der Waals surface area contributed by atoms with Gasteiger partial charge in [0.1, 0.15) is 11.6 Å². The van der Waals surface area contributed by atoms with E-state index in [1.54, 1.807) is 18.2 Å². The van der Waals surface area contributed by atoms with E-state index >= 15 is 0 Å². The van der Waals surface area contributed by atoms with Crippen molar-refractivity contribution >= 4 is 27.5 Å². The summed E-state index contributed by atoms with van der Waals surface area (Å²) in [5.74, 6) is -0.714. The van der Waals surface area contributed by atoms with Crippen LogP contribution in [0.15, 0.2) is 42.5 Å². The van der Waals surface area contributed by atoms with E-state index in [0.29, 0.717) is 11.4 Å². The van der Waals surface area contributed by atoms with Crippen LogP contribution in [0.3, 0.4) is 0 Å². The van der Waals surface area contributed by atoms with Crippen LogP contribution in [0.25, 0.3) is 0 Å². The zero-order valence-electron chi connectivity index (χ0n) is 11.5. The average Bonchev–Trinajstić information content (AvgIpc) is 2.49. The van der Waals surface area contributed by atoms with Crippen molar-refractivity contribution in [3.8, 4) is 5.75 Å². The summed E-state index contributed by atoms with van der Waals surface area (Å²) in [5.41, 5.74) is 1.79. The summed E-state index contributed by atoms with van der Waals surface area (Å²) in [4.78, 5) is 12.0. The highest BCUT2D eigenvalue weighted by Crippen LogP contribution is 2.18. The van der Waals surface area contributed by atoms with Gasteiger partial charge in [-0.1, -0.05) is 28.1 Å². The molecule has 0 radical (unpaired) electrons. The van der Waals surface area contributed by atoms with Gasteiger partial charge in [-0.15, -0.1) is 0 Å². The van der Waals surface area contributed by atoms with Gasteiger partial charge in [-0.25, -0.2) is 4.39 Å². The molecule has 1 amide bonds. The smallest absolute Gasteiger partial charge is 0.258 e. The molecule has 0 unspecified atom stereocenters. The summed E-state index contributed by atoms with van der Waals surface area (Å²) in [7, 11) is 1.45. The van der Waals surface area contributed by atoms with Gasteiger partial charge in [-0.3, -0.25) is 4.79 Å². The quantitative estimate of drug-likeness (QED) is 0.826. The number of methoxy groups -OCH3 is 1. The predicted molar refractivity (Wildman–Crippen MR) is 84.8 cm³/mol. The van der Waals surface area contributed by atoms with Crippen molar-refractivity contribution in [2.45, 2.75) is 6.42 Å². The second kappa shape index (κ2) is 7.22. The summed E-state index contributed by atoms with van der Waals surface area (Å²) >= 11 is 3.37. The number of anilines is 1. The van der Waals surface area contributed by atoms with Crippen LogP contribution in [-0.4, -0.2) is 18.3 Å². The Morgan fingerprint density at radius 2 is 1.95 bits per heavy atom. The van der Waals surface area contributed by atoms with Crippen molar-refractivity contribution in [2.24, 2.45) is 0 Å². The molecule has 0 spiro atoms.